The lowest BCUT2D eigenvalue weighted by atomic mass is 10.1. The fourth-order valence-electron chi connectivity index (χ4n) is 1.62. The fraction of sp³-hybridized carbons (Fsp3) is 0.133. The Kier molecular flexibility index (Phi) is 4.88. The molecule has 0 N–H and O–H groups in total. The molecule has 0 saturated heterocycles. The predicted octanol–water partition coefficient (Wildman–Crippen LogP) is 4.60. The Bertz CT molecular complexity index is 582. The molecule has 98 valence electrons. The van der Waals surface area contributed by atoms with Crippen molar-refractivity contribution in [2.75, 3.05) is 14.1 Å². The lowest BCUT2D eigenvalue weighted by Crippen LogP contribution is -2.06. The van der Waals surface area contributed by atoms with Gasteiger partial charge < -0.3 is 4.90 Å². The summed E-state index contributed by atoms with van der Waals surface area (Å²) in [6.07, 6.45) is 1.79. The fourth-order valence-corrected chi connectivity index (χ4v) is 2.58. The van der Waals surface area contributed by atoms with Gasteiger partial charge in [-0.1, -0.05) is 41.9 Å². The Morgan fingerprint density at radius 3 is 2.63 bits per heavy atom. The standard InChI is InChI=1S/C15H15ClN2S/c1-18(2)11-17-19-15-9-4-3-8-14(15)12-6-5-7-13(16)10-12/h3-11H,1-2H3/b17-11+. The molecule has 0 unspecified atom stereocenters. The highest BCUT2D eigenvalue weighted by molar-refractivity contribution is 7.98. The van der Waals surface area contributed by atoms with Crippen molar-refractivity contribution >= 4 is 29.9 Å². The number of nitrogens with zero attached hydrogens (tertiary/aromatic N) is 2. The minimum atomic E-state index is 0.745. The maximum atomic E-state index is 6.05. The van der Waals surface area contributed by atoms with Crippen molar-refractivity contribution < 1.29 is 0 Å². The topological polar surface area (TPSA) is 15.6 Å². The van der Waals surface area contributed by atoms with Crippen LogP contribution in [0, 0.1) is 0 Å². The molecule has 0 aliphatic carbocycles. The molecule has 0 bridgehead atoms. The van der Waals surface area contributed by atoms with Crippen LogP contribution in [0.1, 0.15) is 0 Å². The molecule has 0 aliphatic heterocycles. The molecule has 2 rings (SSSR count). The number of hydrogen-bond donors (Lipinski definition) is 0. The van der Waals surface area contributed by atoms with E-state index in [0.29, 0.717) is 0 Å². The van der Waals surface area contributed by atoms with Crippen molar-refractivity contribution in [3.63, 3.8) is 0 Å². The van der Waals surface area contributed by atoms with Gasteiger partial charge in [-0.15, -0.1) is 0 Å². The Labute approximate surface area is 123 Å². The summed E-state index contributed by atoms with van der Waals surface area (Å²) in [5, 5.41) is 0.745. The molecule has 0 saturated carbocycles. The Morgan fingerprint density at radius 2 is 1.89 bits per heavy atom. The third kappa shape index (κ3) is 4.01. The highest BCUT2D eigenvalue weighted by Crippen LogP contribution is 2.32. The van der Waals surface area contributed by atoms with Gasteiger partial charge in [0, 0.05) is 36.0 Å². The SMILES string of the molecule is CN(C)/C=N/Sc1ccccc1-c1cccc(Cl)c1. The van der Waals surface area contributed by atoms with Gasteiger partial charge >= 0.3 is 0 Å². The van der Waals surface area contributed by atoms with Gasteiger partial charge in [-0.05, 0) is 29.3 Å². The van der Waals surface area contributed by atoms with Crippen molar-refractivity contribution in [2.24, 2.45) is 4.40 Å². The molecule has 2 aromatic rings. The van der Waals surface area contributed by atoms with Crippen molar-refractivity contribution in [1.82, 2.24) is 4.90 Å². The van der Waals surface area contributed by atoms with E-state index >= 15 is 0 Å². The number of benzene rings is 2. The second-order valence-corrected chi connectivity index (χ2v) is 5.55. The molecule has 19 heavy (non-hydrogen) atoms. The molecule has 0 fully saturated rings. The average molecular weight is 291 g/mol. The Morgan fingerprint density at radius 1 is 1.11 bits per heavy atom. The molecule has 0 aromatic heterocycles. The highest BCUT2D eigenvalue weighted by atomic mass is 35.5. The Balaban J connectivity index is 2.31. The number of rotatable bonds is 4. The molecular weight excluding hydrogens is 276 g/mol. The van der Waals surface area contributed by atoms with E-state index in [0.717, 1.165) is 21.0 Å². The van der Waals surface area contributed by atoms with E-state index in [2.05, 4.69) is 22.6 Å². The highest BCUT2D eigenvalue weighted by Gasteiger charge is 2.05. The van der Waals surface area contributed by atoms with Crippen LogP contribution in [0.5, 0.6) is 0 Å². The summed E-state index contributed by atoms with van der Waals surface area (Å²) in [6.45, 7) is 0. The predicted molar refractivity (Wildman–Crippen MR) is 84.9 cm³/mol. The summed E-state index contributed by atoms with van der Waals surface area (Å²) in [7, 11) is 3.90. The molecule has 0 amide bonds. The normalized spacial score (nSPS) is 10.9. The van der Waals surface area contributed by atoms with Gasteiger partial charge in [0.2, 0.25) is 0 Å². The van der Waals surface area contributed by atoms with E-state index in [-0.39, 0.29) is 0 Å². The molecular formula is C15H15ClN2S. The summed E-state index contributed by atoms with van der Waals surface area (Å²) >= 11 is 7.51. The average Bonchev–Trinajstić information content (AvgIpc) is 2.39. The van der Waals surface area contributed by atoms with Crippen LogP contribution in [0.2, 0.25) is 5.02 Å². The third-order valence-corrected chi connectivity index (χ3v) is 3.44. The van der Waals surface area contributed by atoms with Crippen LogP contribution < -0.4 is 0 Å². The van der Waals surface area contributed by atoms with E-state index in [9.17, 15) is 0 Å². The van der Waals surface area contributed by atoms with E-state index in [1.807, 2.05) is 49.3 Å². The van der Waals surface area contributed by atoms with Crippen molar-refractivity contribution in [3.05, 3.63) is 53.6 Å². The zero-order valence-electron chi connectivity index (χ0n) is 10.9. The van der Waals surface area contributed by atoms with Crippen LogP contribution in [0.25, 0.3) is 11.1 Å². The summed E-state index contributed by atoms with van der Waals surface area (Å²) in [6, 6.07) is 16.1. The van der Waals surface area contributed by atoms with Crippen LogP contribution in [0.3, 0.4) is 0 Å². The zero-order chi connectivity index (χ0) is 13.7. The molecule has 0 spiro atoms. The first-order chi connectivity index (χ1) is 9.16. The first kappa shape index (κ1) is 14.0. The molecule has 2 nitrogen and oxygen atoms in total. The monoisotopic (exact) mass is 290 g/mol. The van der Waals surface area contributed by atoms with Crippen LogP contribution in [0.4, 0.5) is 0 Å². The second-order valence-electron chi connectivity index (χ2n) is 4.28. The lowest BCUT2D eigenvalue weighted by molar-refractivity contribution is 0.645. The van der Waals surface area contributed by atoms with Gasteiger partial charge in [0.05, 0.1) is 6.34 Å². The van der Waals surface area contributed by atoms with Gasteiger partial charge in [-0.25, -0.2) is 4.40 Å². The third-order valence-electron chi connectivity index (χ3n) is 2.45. The number of halogens is 1. The molecule has 0 heterocycles. The molecule has 2 aromatic carbocycles. The summed E-state index contributed by atoms with van der Waals surface area (Å²) < 4.78 is 4.33. The van der Waals surface area contributed by atoms with Crippen molar-refractivity contribution in [1.29, 1.82) is 0 Å². The van der Waals surface area contributed by atoms with Crippen LogP contribution >= 0.6 is 23.5 Å². The van der Waals surface area contributed by atoms with Crippen LogP contribution in [0.15, 0.2) is 57.8 Å². The summed E-state index contributed by atoms with van der Waals surface area (Å²) in [5.74, 6) is 0. The van der Waals surface area contributed by atoms with E-state index in [1.54, 1.807) is 6.34 Å². The van der Waals surface area contributed by atoms with E-state index in [1.165, 1.54) is 11.9 Å². The zero-order valence-corrected chi connectivity index (χ0v) is 12.4. The maximum Gasteiger partial charge on any atom is 0.0988 e. The lowest BCUT2D eigenvalue weighted by Gasteiger charge is -2.08. The Hall–Kier alpha value is -1.45. The smallest absolute Gasteiger partial charge is 0.0988 e. The largest absolute Gasteiger partial charge is 0.368 e. The van der Waals surface area contributed by atoms with Gasteiger partial charge in [0.1, 0.15) is 0 Å². The van der Waals surface area contributed by atoms with E-state index < -0.39 is 0 Å². The van der Waals surface area contributed by atoms with Crippen molar-refractivity contribution in [3.8, 4) is 11.1 Å². The van der Waals surface area contributed by atoms with Gasteiger partial charge in [0.15, 0.2) is 0 Å². The summed E-state index contributed by atoms with van der Waals surface area (Å²) in [5.41, 5.74) is 2.25. The van der Waals surface area contributed by atoms with Gasteiger partial charge in [-0.3, -0.25) is 0 Å². The second kappa shape index (κ2) is 6.64. The van der Waals surface area contributed by atoms with Gasteiger partial charge in [0.25, 0.3) is 0 Å². The summed E-state index contributed by atoms with van der Waals surface area (Å²) in [4.78, 5) is 3.03. The molecule has 0 aliphatic rings. The first-order valence-electron chi connectivity index (χ1n) is 5.89. The molecule has 4 heteroatoms. The van der Waals surface area contributed by atoms with Crippen LogP contribution in [-0.4, -0.2) is 25.3 Å². The minimum Gasteiger partial charge on any atom is -0.368 e. The minimum absolute atomic E-state index is 0.745. The van der Waals surface area contributed by atoms with Crippen molar-refractivity contribution in [2.45, 2.75) is 4.90 Å². The molecule has 0 atom stereocenters. The maximum absolute atomic E-state index is 6.05. The quantitative estimate of drug-likeness (QED) is 0.464. The number of hydrogen-bond acceptors (Lipinski definition) is 2. The van der Waals surface area contributed by atoms with E-state index in [4.69, 9.17) is 11.6 Å². The first-order valence-corrected chi connectivity index (χ1v) is 7.04. The van der Waals surface area contributed by atoms with Crippen LogP contribution in [-0.2, 0) is 0 Å². The molecule has 0 radical (unpaired) electrons. The van der Waals surface area contributed by atoms with Gasteiger partial charge in [-0.2, -0.15) is 0 Å².